The predicted octanol–water partition coefficient (Wildman–Crippen LogP) is 10.4. The van der Waals surface area contributed by atoms with Gasteiger partial charge in [-0.25, -0.2) is 0 Å². The second-order valence-corrected chi connectivity index (χ2v) is 10.8. The molecule has 0 aromatic carbocycles. The summed E-state index contributed by atoms with van der Waals surface area (Å²) in [5.41, 5.74) is 0. The van der Waals surface area contributed by atoms with E-state index in [9.17, 15) is 0 Å². The molecule has 0 saturated heterocycles. The van der Waals surface area contributed by atoms with Gasteiger partial charge in [-0.05, 0) is 25.7 Å². The van der Waals surface area contributed by atoms with Crippen molar-refractivity contribution in [2.45, 2.75) is 175 Å². The second kappa shape index (κ2) is 23.1. The minimum absolute atomic E-state index is 0.643. The van der Waals surface area contributed by atoms with E-state index in [0.717, 1.165) is 0 Å². The molecule has 2 heteroatoms. The Morgan fingerprint density at radius 2 is 0.697 bits per heavy atom. The summed E-state index contributed by atoms with van der Waals surface area (Å²) < 4.78 is 0. The van der Waals surface area contributed by atoms with Crippen molar-refractivity contribution in [3.05, 3.63) is 12.4 Å². The monoisotopic (exact) mass is 462 g/mol. The van der Waals surface area contributed by atoms with Gasteiger partial charge in [0, 0.05) is 25.5 Å². The molecule has 1 heterocycles. The van der Waals surface area contributed by atoms with E-state index in [0.29, 0.717) is 6.17 Å². The van der Waals surface area contributed by atoms with Gasteiger partial charge in [0.15, 0.2) is 0 Å². The molecule has 1 aliphatic rings. The Bertz CT molecular complexity index is 419. The largest absolute Gasteiger partial charge is 0.356 e. The highest BCUT2D eigenvalue weighted by Gasteiger charge is 2.24. The fraction of sp³-hybridized carbons (Fsp3) is 0.935. The quantitative estimate of drug-likeness (QED) is 0.124. The Hall–Kier alpha value is -0.660. The van der Waals surface area contributed by atoms with E-state index in [1.54, 1.807) is 0 Å². The fourth-order valence-electron chi connectivity index (χ4n) is 5.30. The highest BCUT2D eigenvalue weighted by molar-refractivity contribution is 4.96. The zero-order valence-corrected chi connectivity index (χ0v) is 23.3. The van der Waals surface area contributed by atoms with Crippen molar-refractivity contribution in [1.82, 2.24) is 9.80 Å². The smallest absolute Gasteiger partial charge is 0.101 e. The van der Waals surface area contributed by atoms with Crippen LogP contribution in [0.25, 0.3) is 0 Å². The van der Waals surface area contributed by atoms with E-state index >= 15 is 0 Å². The molecule has 0 spiro atoms. The van der Waals surface area contributed by atoms with Crippen LogP contribution in [0.15, 0.2) is 12.4 Å². The molecule has 0 aromatic heterocycles. The number of hydrogen-bond donors (Lipinski definition) is 0. The van der Waals surface area contributed by atoms with Crippen LogP contribution in [0, 0.1) is 0 Å². The molecule has 196 valence electrons. The van der Waals surface area contributed by atoms with E-state index in [4.69, 9.17) is 0 Å². The average molecular weight is 463 g/mol. The van der Waals surface area contributed by atoms with Gasteiger partial charge in [0.2, 0.25) is 0 Å². The molecular formula is C31H62N2. The Morgan fingerprint density at radius 1 is 0.394 bits per heavy atom. The molecule has 2 nitrogen and oxygen atoms in total. The van der Waals surface area contributed by atoms with Crippen LogP contribution in [0.1, 0.15) is 168 Å². The summed E-state index contributed by atoms with van der Waals surface area (Å²) in [6, 6.07) is 0. The van der Waals surface area contributed by atoms with Gasteiger partial charge in [0.1, 0.15) is 6.17 Å². The van der Waals surface area contributed by atoms with Gasteiger partial charge in [-0.2, -0.15) is 0 Å². The van der Waals surface area contributed by atoms with Crippen molar-refractivity contribution >= 4 is 0 Å². The highest BCUT2D eigenvalue weighted by atomic mass is 15.4. The Morgan fingerprint density at radius 3 is 1.06 bits per heavy atom. The minimum Gasteiger partial charge on any atom is -0.356 e. The normalized spacial score (nSPS) is 15.8. The third-order valence-electron chi connectivity index (χ3n) is 7.57. The van der Waals surface area contributed by atoms with Crippen LogP contribution in [0.2, 0.25) is 0 Å². The van der Waals surface area contributed by atoms with E-state index in [2.05, 4.69) is 43.0 Å². The lowest BCUT2D eigenvalue weighted by atomic mass is 10.1. The number of nitrogens with zero attached hydrogens (tertiary/aromatic N) is 2. The van der Waals surface area contributed by atoms with E-state index in [1.165, 1.54) is 161 Å². The summed E-state index contributed by atoms with van der Waals surface area (Å²) >= 11 is 0. The van der Waals surface area contributed by atoms with Gasteiger partial charge in [-0.1, -0.05) is 143 Å². The topological polar surface area (TPSA) is 6.48 Å². The lowest BCUT2D eigenvalue weighted by Gasteiger charge is -2.33. The van der Waals surface area contributed by atoms with Crippen molar-refractivity contribution in [2.75, 3.05) is 13.1 Å². The molecule has 0 N–H and O–H groups in total. The van der Waals surface area contributed by atoms with Crippen molar-refractivity contribution < 1.29 is 0 Å². The van der Waals surface area contributed by atoms with Crippen LogP contribution in [-0.4, -0.2) is 29.1 Å². The Labute approximate surface area is 210 Å². The third kappa shape index (κ3) is 16.6. The van der Waals surface area contributed by atoms with Gasteiger partial charge in [0.05, 0.1) is 0 Å². The SMILES string of the molecule is CCCCCCCCCCCCCN1C=CN(CCCCCCCCCC)C1CCCCC. The molecule has 1 atom stereocenters. The predicted molar refractivity (Wildman–Crippen MR) is 150 cm³/mol. The lowest BCUT2D eigenvalue weighted by molar-refractivity contribution is 0.135. The molecule has 0 amide bonds. The van der Waals surface area contributed by atoms with Crippen LogP contribution in [0.4, 0.5) is 0 Å². The maximum absolute atomic E-state index is 2.67. The lowest BCUT2D eigenvalue weighted by Crippen LogP contribution is -2.39. The molecule has 0 radical (unpaired) electrons. The molecule has 33 heavy (non-hydrogen) atoms. The summed E-state index contributed by atoms with van der Waals surface area (Å²) in [6.07, 6.45) is 38.0. The summed E-state index contributed by atoms with van der Waals surface area (Å²) in [5.74, 6) is 0. The Kier molecular flexibility index (Phi) is 21.3. The van der Waals surface area contributed by atoms with Gasteiger partial charge in [0.25, 0.3) is 0 Å². The first-order valence-corrected chi connectivity index (χ1v) is 15.5. The molecule has 1 aliphatic heterocycles. The first-order chi connectivity index (χ1) is 16.3. The van der Waals surface area contributed by atoms with Crippen LogP contribution >= 0.6 is 0 Å². The van der Waals surface area contributed by atoms with Crippen LogP contribution < -0.4 is 0 Å². The van der Waals surface area contributed by atoms with Crippen LogP contribution in [0.3, 0.4) is 0 Å². The molecule has 0 aliphatic carbocycles. The minimum atomic E-state index is 0.643. The van der Waals surface area contributed by atoms with Crippen LogP contribution in [0.5, 0.6) is 0 Å². The van der Waals surface area contributed by atoms with Crippen LogP contribution in [-0.2, 0) is 0 Å². The van der Waals surface area contributed by atoms with Crippen molar-refractivity contribution in [3.8, 4) is 0 Å². The number of hydrogen-bond acceptors (Lipinski definition) is 2. The Balaban J connectivity index is 2.14. The van der Waals surface area contributed by atoms with Crippen molar-refractivity contribution in [2.24, 2.45) is 0 Å². The molecular weight excluding hydrogens is 400 g/mol. The van der Waals surface area contributed by atoms with Crippen molar-refractivity contribution in [1.29, 1.82) is 0 Å². The fourth-order valence-corrected chi connectivity index (χ4v) is 5.30. The highest BCUT2D eigenvalue weighted by Crippen LogP contribution is 2.23. The molecule has 0 fully saturated rings. The maximum Gasteiger partial charge on any atom is 0.101 e. The second-order valence-electron chi connectivity index (χ2n) is 10.8. The van der Waals surface area contributed by atoms with Gasteiger partial charge < -0.3 is 9.80 Å². The van der Waals surface area contributed by atoms with E-state index in [1.807, 2.05) is 0 Å². The summed E-state index contributed by atoms with van der Waals surface area (Å²) in [4.78, 5) is 5.35. The first kappa shape index (κ1) is 30.4. The zero-order chi connectivity index (χ0) is 23.8. The molecule has 0 bridgehead atoms. The zero-order valence-electron chi connectivity index (χ0n) is 23.3. The summed E-state index contributed by atoms with van der Waals surface area (Å²) in [7, 11) is 0. The molecule has 0 saturated carbocycles. The van der Waals surface area contributed by atoms with E-state index in [-0.39, 0.29) is 0 Å². The standard InChI is InChI=1S/C31H62N2/c1-4-7-10-12-14-16-17-18-20-22-25-28-33-30-29-32(31(33)26-23-9-6-3)27-24-21-19-15-13-11-8-5-2/h29-31H,4-28H2,1-3H3. The molecule has 1 rings (SSSR count). The average Bonchev–Trinajstić information content (AvgIpc) is 3.21. The number of rotatable bonds is 25. The van der Waals surface area contributed by atoms with Crippen molar-refractivity contribution in [3.63, 3.8) is 0 Å². The van der Waals surface area contributed by atoms with Gasteiger partial charge in [-0.15, -0.1) is 0 Å². The summed E-state index contributed by atoms with van der Waals surface area (Å²) in [5, 5.41) is 0. The van der Waals surface area contributed by atoms with Gasteiger partial charge >= 0.3 is 0 Å². The van der Waals surface area contributed by atoms with E-state index < -0.39 is 0 Å². The summed E-state index contributed by atoms with van der Waals surface area (Å²) in [6.45, 7) is 9.46. The third-order valence-corrected chi connectivity index (χ3v) is 7.57. The molecule has 0 aromatic rings. The van der Waals surface area contributed by atoms with Gasteiger partial charge in [-0.3, -0.25) is 0 Å². The maximum atomic E-state index is 2.67. The molecule has 1 unspecified atom stereocenters. The number of unbranched alkanes of at least 4 members (excludes halogenated alkanes) is 19. The first-order valence-electron chi connectivity index (χ1n) is 15.5.